The monoisotopic (exact) mass is 254 g/mol. The summed E-state index contributed by atoms with van der Waals surface area (Å²) in [4.78, 5) is 23.6. The van der Waals surface area contributed by atoms with Crippen LogP contribution in [0.15, 0.2) is 60.7 Å². The molecule has 0 unspecified atom stereocenters. The quantitative estimate of drug-likeness (QED) is 0.478. The van der Waals surface area contributed by atoms with Crippen LogP contribution in [0, 0.1) is 0 Å². The average molecular weight is 254 g/mol. The highest BCUT2D eigenvalue weighted by Crippen LogP contribution is 2.16. The van der Waals surface area contributed by atoms with Gasteiger partial charge in [0.05, 0.1) is 0 Å². The second kappa shape index (κ2) is 5.96. The molecule has 2 aromatic carbocycles. The molecular weight excluding hydrogens is 240 g/mol. The maximum absolute atomic E-state index is 11.8. The Balaban J connectivity index is 2.04. The first-order chi connectivity index (χ1) is 9.18. The van der Waals surface area contributed by atoms with Gasteiger partial charge in [0, 0.05) is 5.56 Å². The molecule has 1 atom stereocenters. The van der Waals surface area contributed by atoms with Gasteiger partial charge in [-0.2, -0.15) is 0 Å². The second-order valence-corrected chi connectivity index (χ2v) is 4.15. The van der Waals surface area contributed by atoms with Crippen LogP contribution in [0.1, 0.15) is 28.9 Å². The second-order valence-electron chi connectivity index (χ2n) is 4.15. The Bertz CT molecular complexity index is 561. The fraction of sp³-hybridized carbons (Fsp3) is 0.125. The summed E-state index contributed by atoms with van der Waals surface area (Å²) >= 11 is 0. The summed E-state index contributed by atoms with van der Waals surface area (Å²) in [6.45, 7) is 1.74. The molecule has 0 heterocycles. The fourth-order valence-electron chi connectivity index (χ4n) is 1.71. The van der Waals surface area contributed by atoms with Crippen molar-refractivity contribution in [1.82, 2.24) is 0 Å². The summed E-state index contributed by atoms with van der Waals surface area (Å²) in [5, 5.41) is 0. The number of carbonyl (C=O) groups is 2. The maximum atomic E-state index is 11.8. The predicted molar refractivity (Wildman–Crippen MR) is 71.7 cm³/mol. The molecule has 19 heavy (non-hydrogen) atoms. The van der Waals surface area contributed by atoms with Crippen LogP contribution in [0.3, 0.4) is 0 Å². The van der Waals surface area contributed by atoms with Crippen molar-refractivity contribution in [3.05, 3.63) is 71.8 Å². The minimum atomic E-state index is -0.831. The van der Waals surface area contributed by atoms with Crippen molar-refractivity contribution >= 4 is 11.8 Å². The zero-order valence-electron chi connectivity index (χ0n) is 10.6. The molecule has 2 aromatic rings. The average Bonchev–Trinajstić information content (AvgIpc) is 2.48. The number of hydrogen-bond acceptors (Lipinski definition) is 3. The molecule has 0 aromatic heterocycles. The number of ketones is 1. The first-order valence-corrected chi connectivity index (χ1v) is 6.04. The molecule has 2 rings (SSSR count). The van der Waals surface area contributed by atoms with Gasteiger partial charge in [-0.15, -0.1) is 0 Å². The smallest absolute Gasteiger partial charge is 0.380 e. The van der Waals surface area contributed by atoms with Gasteiger partial charge in [-0.05, 0) is 12.5 Å². The van der Waals surface area contributed by atoms with Crippen LogP contribution in [0.25, 0.3) is 0 Å². The lowest BCUT2D eigenvalue weighted by Gasteiger charge is -2.12. The molecule has 0 amide bonds. The van der Waals surface area contributed by atoms with E-state index in [2.05, 4.69) is 0 Å². The molecule has 0 aliphatic heterocycles. The van der Waals surface area contributed by atoms with Crippen molar-refractivity contribution < 1.29 is 14.3 Å². The summed E-state index contributed by atoms with van der Waals surface area (Å²) < 4.78 is 5.16. The number of ether oxygens (including phenoxy) is 1. The highest BCUT2D eigenvalue weighted by molar-refractivity contribution is 6.40. The molecule has 96 valence electrons. The highest BCUT2D eigenvalue weighted by atomic mass is 16.5. The normalized spacial score (nSPS) is 11.6. The number of carbonyl (C=O) groups excluding carboxylic acids is 2. The molecule has 0 N–H and O–H groups in total. The van der Waals surface area contributed by atoms with Crippen LogP contribution in [0.2, 0.25) is 0 Å². The Hall–Kier alpha value is -2.42. The van der Waals surface area contributed by atoms with E-state index in [1.807, 2.05) is 30.3 Å². The summed E-state index contributed by atoms with van der Waals surface area (Å²) in [6, 6.07) is 17.7. The van der Waals surface area contributed by atoms with Gasteiger partial charge in [0.15, 0.2) is 0 Å². The lowest BCUT2D eigenvalue weighted by molar-refractivity contribution is -0.142. The molecule has 3 heteroatoms. The summed E-state index contributed by atoms with van der Waals surface area (Å²) in [5.74, 6) is -1.45. The van der Waals surface area contributed by atoms with E-state index in [1.165, 1.54) is 0 Å². The predicted octanol–water partition coefficient (Wildman–Crippen LogP) is 3.17. The fourth-order valence-corrected chi connectivity index (χ4v) is 1.71. The van der Waals surface area contributed by atoms with Crippen molar-refractivity contribution in [2.75, 3.05) is 0 Å². The lowest BCUT2D eigenvalue weighted by atomic mass is 10.1. The largest absolute Gasteiger partial charge is 0.452 e. The first kappa shape index (κ1) is 13.0. The summed E-state index contributed by atoms with van der Waals surface area (Å²) in [7, 11) is 0. The van der Waals surface area contributed by atoms with Gasteiger partial charge < -0.3 is 4.74 Å². The third-order valence-corrected chi connectivity index (χ3v) is 2.77. The minimum Gasteiger partial charge on any atom is -0.452 e. The number of hydrogen-bond donors (Lipinski definition) is 0. The van der Waals surface area contributed by atoms with E-state index < -0.39 is 17.9 Å². The van der Waals surface area contributed by atoms with Crippen LogP contribution in [0.4, 0.5) is 0 Å². The van der Waals surface area contributed by atoms with E-state index in [-0.39, 0.29) is 0 Å². The van der Waals surface area contributed by atoms with Crippen molar-refractivity contribution in [2.45, 2.75) is 13.0 Å². The SMILES string of the molecule is C[C@@H](OC(=O)C(=O)c1ccccc1)c1ccccc1. The molecule has 0 saturated carbocycles. The Morgan fingerprint density at radius 2 is 1.42 bits per heavy atom. The molecule has 3 nitrogen and oxygen atoms in total. The molecule has 0 radical (unpaired) electrons. The zero-order valence-corrected chi connectivity index (χ0v) is 10.6. The van der Waals surface area contributed by atoms with Crippen molar-refractivity contribution in [3.8, 4) is 0 Å². The topological polar surface area (TPSA) is 43.4 Å². The molecular formula is C16H14O3. The molecule has 0 spiro atoms. The Labute approximate surface area is 111 Å². The molecule has 0 saturated heterocycles. The van der Waals surface area contributed by atoms with E-state index in [9.17, 15) is 9.59 Å². The van der Waals surface area contributed by atoms with Crippen molar-refractivity contribution in [1.29, 1.82) is 0 Å². The third kappa shape index (κ3) is 3.28. The van der Waals surface area contributed by atoms with Gasteiger partial charge in [-0.25, -0.2) is 4.79 Å². The maximum Gasteiger partial charge on any atom is 0.380 e. The van der Waals surface area contributed by atoms with Crippen LogP contribution in [-0.2, 0) is 9.53 Å². The third-order valence-electron chi connectivity index (χ3n) is 2.77. The van der Waals surface area contributed by atoms with Crippen LogP contribution >= 0.6 is 0 Å². The molecule has 0 fully saturated rings. The Morgan fingerprint density at radius 3 is 2.00 bits per heavy atom. The van der Waals surface area contributed by atoms with Gasteiger partial charge in [0.25, 0.3) is 5.78 Å². The van der Waals surface area contributed by atoms with Crippen molar-refractivity contribution in [3.63, 3.8) is 0 Å². The Morgan fingerprint density at radius 1 is 0.895 bits per heavy atom. The summed E-state index contributed by atoms with van der Waals surface area (Å²) in [6.07, 6.45) is -0.443. The number of benzene rings is 2. The molecule has 0 aliphatic carbocycles. The van der Waals surface area contributed by atoms with Gasteiger partial charge in [0.2, 0.25) is 0 Å². The van der Waals surface area contributed by atoms with Crippen LogP contribution < -0.4 is 0 Å². The van der Waals surface area contributed by atoms with E-state index in [4.69, 9.17) is 4.74 Å². The van der Waals surface area contributed by atoms with Crippen molar-refractivity contribution in [2.24, 2.45) is 0 Å². The van der Waals surface area contributed by atoms with Crippen LogP contribution in [-0.4, -0.2) is 11.8 Å². The zero-order chi connectivity index (χ0) is 13.7. The lowest BCUT2D eigenvalue weighted by Crippen LogP contribution is -2.19. The highest BCUT2D eigenvalue weighted by Gasteiger charge is 2.20. The summed E-state index contributed by atoms with van der Waals surface area (Å²) in [5.41, 5.74) is 1.20. The number of Topliss-reactive ketones (excluding diaryl/α,β-unsaturated/α-hetero) is 1. The van der Waals surface area contributed by atoms with E-state index >= 15 is 0 Å². The van der Waals surface area contributed by atoms with E-state index in [0.717, 1.165) is 5.56 Å². The van der Waals surface area contributed by atoms with Gasteiger partial charge in [-0.1, -0.05) is 60.7 Å². The number of rotatable bonds is 4. The van der Waals surface area contributed by atoms with E-state index in [1.54, 1.807) is 37.3 Å². The minimum absolute atomic E-state index is 0.341. The number of esters is 1. The van der Waals surface area contributed by atoms with Gasteiger partial charge in [-0.3, -0.25) is 4.79 Å². The van der Waals surface area contributed by atoms with Gasteiger partial charge in [0.1, 0.15) is 6.10 Å². The van der Waals surface area contributed by atoms with Crippen LogP contribution in [0.5, 0.6) is 0 Å². The van der Waals surface area contributed by atoms with E-state index in [0.29, 0.717) is 5.56 Å². The molecule has 0 aliphatic rings. The van der Waals surface area contributed by atoms with Gasteiger partial charge >= 0.3 is 5.97 Å². The standard InChI is InChI=1S/C16H14O3/c1-12(13-8-4-2-5-9-13)19-16(18)15(17)14-10-6-3-7-11-14/h2-12H,1H3/t12-/m1/s1. The molecule has 0 bridgehead atoms. The first-order valence-electron chi connectivity index (χ1n) is 6.04. The Kier molecular flexibility index (Phi) is 4.08.